The lowest BCUT2D eigenvalue weighted by Gasteiger charge is -2.01. The molecule has 0 aliphatic heterocycles. The van der Waals surface area contributed by atoms with E-state index in [0.29, 0.717) is 22.6 Å². The summed E-state index contributed by atoms with van der Waals surface area (Å²) in [6.45, 7) is 0. The van der Waals surface area contributed by atoms with Crippen LogP contribution in [0.25, 0.3) is 23.0 Å². The summed E-state index contributed by atoms with van der Waals surface area (Å²) in [5.41, 5.74) is 0.864. The fourth-order valence-corrected chi connectivity index (χ4v) is 2.69. The molecule has 2 aromatic carbocycles. The number of benzene rings is 2. The van der Waals surface area contributed by atoms with E-state index in [9.17, 15) is 25.5 Å². The van der Waals surface area contributed by atoms with E-state index in [2.05, 4.69) is 0 Å². The van der Waals surface area contributed by atoms with E-state index in [1.165, 1.54) is 48.5 Å². The highest BCUT2D eigenvalue weighted by molar-refractivity contribution is 6.33. The Kier molecular flexibility index (Phi) is 5.20. The Labute approximate surface area is 163 Å². The first-order chi connectivity index (χ1) is 13.4. The van der Waals surface area contributed by atoms with Crippen molar-refractivity contribution in [2.45, 2.75) is 0 Å². The number of nitro benzene ring substituents is 2. The Morgan fingerprint density at radius 3 is 2.25 bits per heavy atom. The van der Waals surface area contributed by atoms with Crippen LogP contribution < -0.4 is 0 Å². The number of furan rings is 1. The molecule has 0 fully saturated rings. The van der Waals surface area contributed by atoms with E-state index in [1.54, 1.807) is 12.1 Å². The van der Waals surface area contributed by atoms with Crippen molar-refractivity contribution in [3.8, 4) is 17.4 Å². The zero-order chi connectivity index (χ0) is 20.3. The number of nitriles is 1. The van der Waals surface area contributed by atoms with Crippen molar-refractivity contribution in [3.63, 3.8) is 0 Å². The van der Waals surface area contributed by atoms with Gasteiger partial charge in [0.05, 0.1) is 26.5 Å². The van der Waals surface area contributed by atoms with Crippen molar-refractivity contribution < 1.29 is 14.3 Å². The van der Waals surface area contributed by atoms with Crippen LogP contribution in [0.4, 0.5) is 11.4 Å². The van der Waals surface area contributed by atoms with Gasteiger partial charge in [0.25, 0.3) is 11.4 Å². The average Bonchev–Trinajstić information content (AvgIpc) is 3.14. The molecule has 138 valence electrons. The van der Waals surface area contributed by atoms with Crippen LogP contribution in [0.1, 0.15) is 11.3 Å². The molecule has 0 unspecified atom stereocenters. The van der Waals surface area contributed by atoms with Gasteiger partial charge in [0.15, 0.2) is 0 Å². The molecule has 0 amide bonds. The van der Waals surface area contributed by atoms with Crippen molar-refractivity contribution in [1.29, 1.82) is 5.26 Å². The Morgan fingerprint density at radius 1 is 1.00 bits per heavy atom. The summed E-state index contributed by atoms with van der Waals surface area (Å²) in [6.07, 6.45) is 1.47. The Morgan fingerprint density at radius 2 is 1.64 bits per heavy atom. The number of non-ortho nitro benzene ring substituents is 2. The first-order valence-electron chi connectivity index (χ1n) is 7.80. The number of hydrogen-bond acceptors (Lipinski definition) is 6. The lowest BCUT2D eigenvalue weighted by molar-refractivity contribution is -0.385. The molecule has 0 aliphatic carbocycles. The van der Waals surface area contributed by atoms with Gasteiger partial charge >= 0.3 is 0 Å². The summed E-state index contributed by atoms with van der Waals surface area (Å²) in [5.74, 6) is 0.633. The zero-order valence-electron chi connectivity index (χ0n) is 14.0. The number of nitro groups is 2. The minimum Gasteiger partial charge on any atom is -0.457 e. The van der Waals surface area contributed by atoms with Crippen LogP contribution in [-0.4, -0.2) is 9.85 Å². The maximum absolute atomic E-state index is 11.0. The van der Waals surface area contributed by atoms with Crippen LogP contribution in [0.3, 0.4) is 0 Å². The van der Waals surface area contributed by atoms with Gasteiger partial charge in [-0.05, 0) is 42.0 Å². The normalized spacial score (nSPS) is 11.1. The first-order valence-corrected chi connectivity index (χ1v) is 8.17. The summed E-state index contributed by atoms with van der Waals surface area (Å²) in [7, 11) is 0. The second kappa shape index (κ2) is 7.73. The maximum Gasteiger partial charge on any atom is 0.270 e. The topological polar surface area (TPSA) is 123 Å². The molecule has 1 heterocycles. The van der Waals surface area contributed by atoms with Gasteiger partial charge in [0, 0.05) is 29.8 Å². The number of rotatable bonds is 5. The van der Waals surface area contributed by atoms with E-state index in [4.69, 9.17) is 16.0 Å². The van der Waals surface area contributed by atoms with Gasteiger partial charge in [-0.3, -0.25) is 20.2 Å². The van der Waals surface area contributed by atoms with Gasteiger partial charge in [0.1, 0.15) is 11.5 Å². The monoisotopic (exact) mass is 395 g/mol. The quantitative estimate of drug-likeness (QED) is 0.320. The molecule has 0 radical (unpaired) electrons. The van der Waals surface area contributed by atoms with Gasteiger partial charge in [0.2, 0.25) is 0 Å². The molecule has 0 aliphatic rings. The molecule has 0 saturated carbocycles. The third-order valence-electron chi connectivity index (χ3n) is 3.85. The van der Waals surface area contributed by atoms with E-state index in [0.717, 1.165) is 0 Å². The standard InChI is InChI=1S/C19H10ClN3O5/c20-18-7-5-15(23(26)27)10-17(18)19-8-6-16(28-19)9-13(11-21)12-1-3-14(4-2-12)22(24)25/h1-10H/b13-9-. The molecule has 0 bridgehead atoms. The van der Waals surface area contributed by atoms with Crippen LogP contribution >= 0.6 is 11.6 Å². The van der Waals surface area contributed by atoms with Crippen LogP contribution in [0.5, 0.6) is 0 Å². The molecule has 0 saturated heterocycles. The molecule has 0 atom stereocenters. The van der Waals surface area contributed by atoms with Gasteiger partial charge < -0.3 is 4.42 Å². The smallest absolute Gasteiger partial charge is 0.270 e. The Bertz CT molecular complexity index is 1140. The zero-order valence-corrected chi connectivity index (χ0v) is 14.8. The van der Waals surface area contributed by atoms with Crippen molar-refractivity contribution >= 4 is 34.6 Å². The predicted octanol–water partition coefficient (Wildman–Crippen LogP) is 5.48. The molecule has 0 N–H and O–H groups in total. The third kappa shape index (κ3) is 3.90. The fourth-order valence-electron chi connectivity index (χ4n) is 2.48. The lowest BCUT2D eigenvalue weighted by atomic mass is 10.1. The van der Waals surface area contributed by atoms with Crippen LogP contribution in [0.15, 0.2) is 59.0 Å². The second-order valence-corrected chi connectivity index (χ2v) is 6.00. The molecule has 8 nitrogen and oxygen atoms in total. The third-order valence-corrected chi connectivity index (χ3v) is 4.18. The molecular formula is C19H10ClN3O5. The van der Waals surface area contributed by atoms with E-state index < -0.39 is 9.85 Å². The summed E-state index contributed by atoms with van der Waals surface area (Å²) in [4.78, 5) is 20.6. The van der Waals surface area contributed by atoms with Crippen LogP contribution in [-0.2, 0) is 0 Å². The summed E-state index contributed by atoms with van der Waals surface area (Å²) >= 11 is 6.11. The second-order valence-electron chi connectivity index (χ2n) is 5.60. The molecule has 9 heteroatoms. The SMILES string of the molecule is N#C/C(=C/c1ccc(-c2cc([N+](=O)[O-])ccc2Cl)o1)c1ccc([N+](=O)[O-])cc1. The summed E-state index contributed by atoms with van der Waals surface area (Å²) in [6, 6.07) is 14.7. The summed E-state index contributed by atoms with van der Waals surface area (Å²) in [5, 5.41) is 31.4. The van der Waals surface area contributed by atoms with E-state index in [-0.39, 0.29) is 22.0 Å². The molecular weight excluding hydrogens is 386 g/mol. The van der Waals surface area contributed by atoms with Gasteiger partial charge in [-0.15, -0.1) is 0 Å². The van der Waals surface area contributed by atoms with E-state index in [1.807, 2.05) is 6.07 Å². The molecule has 3 rings (SSSR count). The van der Waals surface area contributed by atoms with Crippen molar-refractivity contribution in [2.75, 3.05) is 0 Å². The number of halogens is 1. The van der Waals surface area contributed by atoms with Gasteiger partial charge in [-0.1, -0.05) is 11.6 Å². The molecule has 0 spiro atoms. The molecule has 1 aromatic heterocycles. The number of nitrogens with zero attached hydrogens (tertiary/aromatic N) is 3. The van der Waals surface area contributed by atoms with Crippen molar-refractivity contribution in [3.05, 3.63) is 91.2 Å². The highest BCUT2D eigenvalue weighted by Crippen LogP contribution is 2.33. The minimum absolute atomic E-state index is 0.0818. The highest BCUT2D eigenvalue weighted by Gasteiger charge is 2.14. The molecule has 28 heavy (non-hydrogen) atoms. The largest absolute Gasteiger partial charge is 0.457 e. The fraction of sp³-hybridized carbons (Fsp3) is 0. The van der Waals surface area contributed by atoms with Crippen molar-refractivity contribution in [1.82, 2.24) is 0 Å². The van der Waals surface area contributed by atoms with Crippen LogP contribution in [0, 0.1) is 31.6 Å². The Balaban J connectivity index is 1.95. The molecule has 3 aromatic rings. The van der Waals surface area contributed by atoms with Crippen molar-refractivity contribution in [2.24, 2.45) is 0 Å². The van der Waals surface area contributed by atoms with Gasteiger partial charge in [-0.25, -0.2) is 0 Å². The lowest BCUT2D eigenvalue weighted by Crippen LogP contribution is -1.88. The van der Waals surface area contributed by atoms with E-state index >= 15 is 0 Å². The number of allylic oxidation sites excluding steroid dienone is 1. The highest BCUT2D eigenvalue weighted by atomic mass is 35.5. The maximum atomic E-state index is 11.0. The van der Waals surface area contributed by atoms with Crippen LogP contribution in [0.2, 0.25) is 5.02 Å². The number of hydrogen-bond donors (Lipinski definition) is 0. The predicted molar refractivity (Wildman–Crippen MR) is 102 cm³/mol. The first kappa shape index (κ1) is 18.8. The Hall–Kier alpha value is -3.96. The minimum atomic E-state index is -0.536. The average molecular weight is 396 g/mol. The van der Waals surface area contributed by atoms with Gasteiger partial charge in [-0.2, -0.15) is 5.26 Å². The summed E-state index contributed by atoms with van der Waals surface area (Å²) < 4.78 is 5.66.